The van der Waals surface area contributed by atoms with Gasteiger partial charge in [-0.15, -0.1) is 0 Å². The highest BCUT2D eigenvalue weighted by molar-refractivity contribution is 7.45. The number of carbonyl (C=O) groups excluding carboxylic acids is 1. The Labute approximate surface area is 342 Å². The molecular weight excluding hydrogens is 719 g/mol. The first-order chi connectivity index (χ1) is 27.0. The van der Waals surface area contributed by atoms with Gasteiger partial charge in [-0.05, 0) is 96.3 Å². The first-order valence-electron chi connectivity index (χ1n) is 21.2. The van der Waals surface area contributed by atoms with E-state index in [-0.39, 0.29) is 18.9 Å². The Hall–Kier alpha value is -2.84. The number of carbonyl (C=O) groups is 1. The van der Waals surface area contributed by atoms with Crippen LogP contribution in [0.1, 0.15) is 129 Å². The Morgan fingerprint density at radius 2 is 1.09 bits per heavy atom. The zero-order chi connectivity index (χ0) is 41.4. The van der Waals surface area contributed by atoms with Gasteiger partial charge in [0, 0.05) is 6.42 Å². The normalized spacial score (nSPS) is 15.5. The summed E-state index contributed by atoms with van der Waals surface area (Å²) in [5.41, 5.74) is 0. The van der Waals surface area contributed by atoms with E-state index in [9.17, 15) is 19.4 Å². The van der Waals surface area contributed by atoms with Gasteiger partial charge in [0.05, 0.1) is 39.9 Å². The van der Waals surface area contributed by atoms with E-state index in [2.05, 4.69) is 116 Å². The van der Waals surface area contributed by atoms with Gasteiger partial charge in [0.25, 0.3) is 7.82 Å². The number of phosphoric acid groups is 1. The Balaban J connectivity index is 4.61. The summed E-state index contributed by atoms with van der Waals surface area (Å²) in [4.78, 5) is 25.2. The molecule has 0 aromatic heterocycles. The molecule has 9 heteroatoms. The van der Waals surface area contributed by atoms with Crippen LogP contribution in [0, 0.1) is 0 Å². The summed E-state index contributed by atoms with van der Waals surface area (Å²) in [6.45, 7) is 4.39. The molecule has 8 nitrogen and oxygen atoms in total. The molecule has 0 aromatic carbocycles. The highest BCUT2D eigenvalue weighted by atomic mass is 31.2. The molecule has 0 fully saturated rings. The van der Waals surface area contributed by atoms with E-state index in [4.69, 9.17) is 9.05 Å². The average Bonchev–Trinajstić information content (AvgIpc) is 3.15. The molecule has 0 aromatic rings. The zero-order valence-corrected chi connectivity index (χ0v) is 36.7. The fourth-order valence-corrected chi connectivity index (χ4v) is 5.79. The van der Waals surface area contributed by atoms with Crippen LogP contribution in [0.25, 0.3) is 0 Å². The van der Waals surface area contributed by atoms with Gasteiger partial charge >= 0.3 is 0 Å². The summed E-state index contributed by atoms with van der Waals surface area (Å²) in [6, 6.07) is -0.939. The Kier molecular flexibility index (Phi) is 35.8. The van der Waals surface area contributed by atoms with Gasteiger partial charge in [0.15, 0.2) is 0 Å². The number of aliphatic hydroxyl groups excluding tert-OH is 1. The van der Waals surface area contributed by atoms with E-state index in [0.29, 0.717) is 23.9 Å². The molecule has 0 radical (unpaired) electrons. The maximum Gasteiger partial charge on any atom is 0.268 e. The molecule has 0 rings (SSSR count). The molecule has 0 aliphatic carbocycles. The van der Waals surface area contributed by atoms with Crippen LogP contribution in [0.2, 0.25) is 0 Å². The van der Waals surface area contributed by atoms with Crippen molar-refractivity contribution in [1.29, 1.82) is 0 Å². The SMILES string of the molecule is CC/C=C\C/C=C\C/C=C\C/C=C\C/C=C\C/C=C\CCCCC(=O)NC(COP(=O)([O-])OCC[N+](C)(C)C)C(O)/C=C/CC/C=C/CC/C=C/CCCCC. The van der Waals surface area contributed by atoms with Crippen molar-refractivity contribution < 1.29 is 32.9 Å². The first-order valence-corrected chi connectivity index (χ1v) is 22.7. The predicted molar refractivity (Wildman–Crippen MR) is 237 cm³/mol. The number of hydrogen-bond acceptors (Lipinski definition) is 6. The maximum atomic E-state index is 12.8. The number of nitrogens with one attached hydrogen (secondary N) is 1. The van der Waals surface area contributed by atoms with Crippen LogP contribution in [-0.4, -0.2) is 68.5 Å². The largest absolute Gasteiger partial charge is 0.756 e. The number of hydrogen-bond donors (Lipinski definition) is 2. The van der Waals surface area contributed by atoms with E-state index in [1.807, 2.05) is 27.2 Å². The minimum absolute atomic E-state index is 0.0245. The van der Waals surface area contributed by atoms with Crippen molar-refractivity contribution in [2.24, 2.45) is 0 Å². The number of allylic oxidation sites excluding steroid dienone is 17. The van der Waals surface area contributed by atoms with Crippen LogP contribution in [0.3, 0.4) is 0 Å². The molecule has 0 saturated heterocycles. The number of phosphoric ester groups is 1. The summed E-state index contributed by atoms with van der Waals surface area (Å²) in [6.07, 6.45) is 54.3. The lowest BCUT2D eigenvalue weighted by atomic mass is 10.1. The van der Waals surface area contributed by atoms with E-state index >= 15 is 0 Å². The van der Waals surface area contributed by atoms with Crippen molar-refractivity contribution in [1.82, 2.24) is 5.32 Å². The average molecular weight is 799 g/mol. The molecule has 0 aliphatic heterocycles. The molecule has 3 atom stereocenters. The van der Waals surface area contributed by atoms with Gasteiger partial charge in [0.1, 0.15) is 13.2 Å². The van der Waals surface area contributed by atoms with E-state index in [1.54, 1.807) is 6.08 Å². The quantitative estimate of drug-likeness (QED) is 0.0283. The molecule has 0 aliphatic rings. The smallest absolute Gasteiger partial charge is 0.268 e. The monoisotopic (exact) mass is 799 g/mol. The van der Waals surface area contributed by atoms with Gasteiger partial charge in [-0.2, -0.15) is 0 Å². The molecule has 0 bridgehead atoms. The number of unbranched alkanes of at least 4 members (excludes halogenated alkanes) is 7. The van der Waals surface area contributed by atoms with Crippen molar-refractivity contribution in [2.75, 3.05) is 40.9 Å². The standard InChI is InChI=1S/C47H79N2O6P/c1-6-8-10-12-14-16-18-20-21-22-23-24-25-26-27-29-31-33-35-37-39-41-47(51)48-45(44-55-56(52,53)54-43-42-49(3,4)5)46(50)40-38-36-34-32-30-28-19-17-15-13-11-9-7-2/h8,10,14-17,20-21,23-24,26-27,30-33,38,40,45-46,50H,6-7,9,11-13,18-19,22,25,28-29,34-37,39,41-44H2,1-5H3,(H-,48,51,52,53)/b10-8-,16-14-,17-15+,21-20-,24-23-,27-26-,32-30+,33-31-,40-38+. The second kappa shape index (κ2) is 37.7. The second-order valence-corrected chi connectivity index (χ2v) is 16.3. The van der Waals surface area contributed by atoms with Crippen molar-refractivity contribution in [3.05, 3.63) is 109 Å². The van der Waals surface area contributed by atoms with Gasteiger partial charge in [-0.25, -0.2) is 0 Å². The van der Waals surface area contributed by atoms with E-state index in [0.717, 1.165) is 77.0 Å². The van der Waals surface area contributed by atoms with Crippen LogP contribution in [0.4, 0.5) is 0 Å². The van der Waals surface area contributed by atoms with Crippen LogP contribution >= 0.6 is 7.82 Å². The Morgan fingerprint density at radius 3 is 1.59 bits per heavy atom. The highest BCUT2D eigenvalue weighted by Gasteiger charge is 2.23. The van der Waals surface area contributed by atoms with Crippen molar-refractivity contribution in [3.8, 4) is 0 Å². The van der Waals surface area contributed by atoms with Crippen LogP contribution in [-0.2, 0) is 18.4 Å². The molecule has 56 heavy (non-hydrogen) atoms. The van der Waals surface area contributed by atoms with Crippen molar-refractivity contribution in [3.63, 3.8) is 0 Å². The predicted octanol–water partition coefficient (Wildman–Crippen LogP) is 11.1. The Morgan fingerprint density at radius 1 is 0.643 bits per heavy atom. The van der Waals surface area contributed by atoms with Crippen LogP contribution in [0.5, 0.6) is 0 Å². The number of amides is 1. The van der Waals surface area contributed by atoms with Gasteiger partial charge in [-0.3, -0.25) is 9.36 Å². The number of aliphatic hydroxyl groups is 1. The number of likely N-dealkylation sites (N-methyl/N-ethyl adjacent to an activating group) is 1. The van der Waals surface area contributed by atoms with E-state index in [1.165, 1.54) is 19.3 Å². The number of rotatable bonds is 36. The summed E-state index contributed by atoms with van der Waals surface area (Å²) in [7, 11) is 1.18. The lowest BCUT2D eigenvalue weighted by Crippen LogP contribution is -2.45. The first kappa shape index (κ1) is 53.2. The zero-order valence-electron chi connectivity index (χ0n) is 35.8. The fraction of sp³-hybridized carbons (Fsp3) is 0.596. The summed E-state index contributed by atoms with van der Waals surface area (Å²) in [5, 5.41) is 13.7. The number of nitrogens with zero attached hydrogens (tertiary/aromatic N) is 1. The topological polar surface area (TPSA) is 108 Å². The minimum atomic E-state index is -4.62. The molecule has 1 amide bonds. The summed E-state index contributed by atoms with van der Waals surface area (Å²) in [5.74, 6) is -0.261. The maximum absolute atomic E-state index is 12.8. The third-order valence-corrected chi connectivity index (χ3v) is 9.41. The molecule has 0 saturated carbocycles. The third-order valence-electron chi connectivity index (χ3n) is 8.44. The molecule has 0 heterocycles. The Bertz CT molecular complexity index is 1270. The molecule has 318 valence electrons. The molecule has 2 N–H and O–H groups in total. The third kappa shape index (κ3) is 39.4. The molecule has 0 spiro atoms. The lowest BCUT2D eigenvalue weighted by Gasteiger charge is -2.29. The highest BCUT2D eigenvalue weighted by Crippen LogP contribution is 2.38. The summed E-state index contributed by atoms with van der Waals surface area (Å²) < 4.78 is 23.1. The van der Waals surface area contributed by atoms with Gasteiger partial charge in [-0.1, -0.05) is 136 Å². The molecular formula is C47H79N2O6P. The fourth-order valence-electron chi connectivity index (χ4n) is 5.07. The lowest BCUT2D eigenvalue weighted by molar-refractivity contribution is -0.870. The van der Waals surface area contributed by atoms with Gasteiger partial charge in [0.2, 0.25) is 5.91 Å². The second-order valence-electron chi connectivity index (χ2n) is 14.9. The van der Waals surface area contributed by atoms with E-state index < -0.39 is 26.6 Å². The molecule has 3 unspecified atom stereocenters. The van der Waals surface area contributed by atoms with Crippen LogP contribution in [0.15, 0.2) is 109 Å². The van der Waals surface area contributed by atoms with Crippen molar-refractivity contribution >= 4 is 13.7 Å². The minimum Gasteiger partial charge on any atom is -0.756 e. The van der Waals surface area contributed by atoms with Gasteiger partial charge < -0.3 is 28.8 Å². The summed E-state index contributed by atoms with van der Waals surface area (Å²) >= 11 is 0. The number of quaternary nitrogens is 1. The van der Waals surface area contributed by atoms with Crippen molar-refractivity contribution in [2.45, 2.75) is 142 Å². The van der Waals surface area contributed by atoms with Crippen LogP contribution < -0.4 is 10.2 Å².